The summed E-state index contributed by atoms with van der Waals surface area (Å²) in [6, 6.07) is 28.3. The van der Waals surface area contributed by atoms with E-state index >= 15 is 0 Å². The number of esters is 1. The molecule has 3 aromatic carbocycles. The van der Waals surface area contributed by atoms with Crippen LogP contribution in [0.1, 0.15) is 64.0 Å². The van der Waals surface area contributed by atoms with Gasteiger partial charge >= 0.3 is 5.97 Å². The van der Waals surface area contributed by atoms with E-state index in [0.29, 0.717) is 23.3 Å². The van der Waals surface area contributed by atoms with Crippen molar-refractivity contribution in [3.8, 4) is 11.4 Å². The largest absolute Gasteiger partial charge is 0.497 e. The Labute approximate surface area is 211 Å². The van der Waals surface area contributed by atoms with Crippen molar-refractivity contribution in [2.24, 2.45) is 5.41 Å². The van der Waals surface area contributed by atoms with Crippen molar-refractivity contribution in [2.75, 3.05) is 7.11 Å². The van der Waals surface area contributed by atoms with Crippen LogP contribution in [0, 0.1) is 5.41 Å². The van der Waals surface area contributed by atoms with Crippen LogP contribution in [0.4, 0.5) is 0 Å². The van der Waals surface area contributed by atoms with Crippen molar-refractivity contribution < 1.29 is 19.1 Å². The second-order valence-electron chi connectivity index (χ2n) is 9.97. The molecule has 0 aliphatic heterocycles. The van der Waals surface area contributed by atoms with E-state index < -0.39 is 12.1 Å². The summed E-state index contributed by atoms with van der Waals surface area (Å²) in [6.45, 7) is 4.23. The SMILES string of the molecule is COc1cccc(C(OC(=O)c2ccccc2)c2cc3c(n2-c2ccccc2)CC(C)(C)CC3=O)c1. The topological polar surface area (TPSA) is 57.5 Å². The molecule has 1 unspecified atom stereocenters. The number of rotatable bonds is 6. The fraction of sp³-hybridized carbons (Fsp3) is 0.226. The summed E-state index contributed by atoms with van der Waals surface area (Å²) < 4.78 is 13.8. The maximum absolute atomic E-state index is 13.3. The molecular weight excluding hydrogens is 450 g/mol. The molecule has 0 N–H and O–H groups in total. The van der Waals surface area contributed by atoms with Crippen molar-refractivity contribution >= 4 is 11.8 Å². The zero-order valence-corrected chi connectivity index (χ0v) is 20.7. The van der Waals surface area contributed by atoms with Crippen molar-refractivity contribution in [2.45, 2.75) is 32.8 Å². The summed E-state index contributed by atoms with van der Waals surface area (Å²) in [7, 11) is 1.61. The van der Waals surface area contributed by atoms with E-state index in [1.54, 1.807) is 19.2 Å². The molecule has 4 aromatic rings. The van der Waals surface area contributed by atoms with E-state index in [1.165, 1.54) is 0 Å². The smallest absolute Gasteiger partial charge is 0.339 e. The minimum Gasteiger partial charge on any atom is -0.497 e. The number of carbonyl (C=O) groups is 2. The van der Waals surface area contributed by atoms with Crippen LogP contribution in [0.2, 0.25) is 0 Å². The first kappa shape index (κ1) is 23.6. The standard InChI is InChI=1S/C31H29NO4/c1-31(2)19-27-25(28(33)20-31)18-26(32(27)23-14-8-5-9-15-23)29(22-13-10-16-24(17-22)35-3)36-30(34)21-11-6-4-7-12-21/h4-18,29H,19-20H2,1-3H3. The molecule has 0 saturated heterocycles. The Balaban J connectivity index is 1.72. The number of nitrogens with zero attached hydrogens (tertiary/aromatic N) is 1. The molecule has 0 saturated carbocycles. The van der Waals surface area contributed by atoms with Crippen molar-refractivity contribution in [3.05, 3.63) is 119 Å². The fourth-order valence-electron chi connectivity index (χ4n) is 4.96. The van der Waals surface area contributed by atoms with E-state index in [2.05, 4.69) is 18.4 Å². The highest BCUT2D eigenvalue weighted by molar-refractivity contribution is 5.99. The molecule has 5 nitrogen and oxygen atoms in total. The average Bonchev–Trinajstić information content (AvgIpc) is 3.26. The molecule has 0 radical (unpaired) electrons. The number of methoxy groups -OCH3 is 1. The lowest BCUT2D eigenvalue weighted by atomic mass is 9.76. The Bertz CT molecular complexity index is 1400. The molecule has 0 bridgehead atoms. The number of ketones is 1. The number of ether oxygens (including phenoxy) is 2. The van der Waals surface area contributed by atoms with Crippen LogP contribution in [0.3, 0.4) is 0 Å². The van der Waals surface area contributed by atoms with Gasteiger partial charge in [-0.15, -0.1) is 0 Å². The first-order valence-electron chi connectivity index (χ1n) is 12.1. The van der Waals surface area contributed by atoms with Gasteiger partial charge in [0.25, 0.3) is 0 Å². The Hall–Kier alpha value is -4.12. The number of hydrogen-bond acceptors (Lipinski definition) is 4. The van der Waals surface area contributed by atoms with Gasteiger partial charge in [0, 0.05) is 28.9 Å². The van der Waals surface area contributed by atoms with E-state index in [4.69, 9.17) is 9.47 Å². The lowest BCUT2D eigenvalue weighted by Crippen LogP contribution is -2.28. The van der Waals surface area contributed by atoms with Crippen LogP contribution in [0.5, 0.6) is 5.75 Å². The van der Waals surface area contributed by atoms with Crippen molar-refractivity contribution in [1.29, 1.82) is 0 Å². The van der Waals surface area contributed by atoms with Gasteiger partial charge in [-0.05, 0) is 54.3 Å². The molecule has 5 rings (SSSR count). The highest BCUT2D eigenvalue weighted by Gasteiger charge is 2.37. The number of benzene rings is 3. The maximum Gasteiger partial charge on any atom is 0.339 e. The Morgan fingerprint density at radius 2 is 1.58 bits per heavy atom. The maximum atomic E-state index is 13.3. The van der Waals surface area contributed by atoms with Crippen LogP contribution < -0.4 is 4.74 Å². The highest BCUT2D eigenvalue weighted by Crippen LogP contribution is 2.41. The highest BCUT2D eigenvalue weighted by atomic mass is 16.5. The van der Waals surface area contributed by atoms with Crippen LogP contribution in [-0.4, -0.2) is 23.4 Å². The predicted octanol–water partition coefficient (Wildman–Crippen LogP) is 6.59. The monoisotopic (exact) mass is 479 g/mol. The Kier molecular flexibility index (Phi) is 6.23. The number of fused-ring (bicyclic) bond motifs is 1. The number of aromatic nitrogens is 1. The quantitative estimate of drug-likeness (QED) is 0.293. The van der Waals surface area contributed by atoms with Gasteiger partial charge in [-0.2, -0.15) is 0 Å². The Morgan fingerprint density at radius 3 is 2.28 bits per heavy atom. The second kappa shape index (κ2) is 9.50. The summed E-state index contributed by atoms with van der Waals surface area (Å²) in [6.07, 6.45) is 0.460. The number of hydrogen-bond donors (Lipinski definition) is 0. The lowest BCUT2D eigenvalue weighted by molar-refractivity contribution is 0.0367. The minimum absolute atomic E-state index is 0.107. The van der Waals surface area contributed by atoms with Gasteiger partial charge in [0.05, 0.1) is 18.4 Å². The molecule has 36 heavy (non-hydrogen) atoms. The van der Waals surface area contributed by atoms with E-state index in [-0.39, 0.29) is 11.2 Å². The first-order chi connectivity index (χ1) is 17.4. The van der Waals surface area contributed by atoms with E-state index in [9.17, 15) is 9.59 Å². The molecule has 1 aliphatic carbocycles. The average molecular weight is 480 g/mol. The summed E-state index contributed by atoms with van der Waals surface area (Å²) >= 11 is 0. The van der Waals surface area contributed by atoms with Crippen LogP contribution >= 0.6 is 0 Å². The van der Waals surface area contributed by atoms with Gasteiger partial charge in [-0.1, -0.05) is 62.4 Å². The van der Waals surface area contributed by atoms with E-state index in [0.717, 1.165) is 29.1 Å². The lowest BCUT2D eigenvalue weighted by Gasteiger charge is -2.30. The zero-order valence-electron chi connectivity index (χ0n) is 20.7. The van der Waals surface area contributed by atoms with Crippen molar-refractivity contribution in [3.63, 3.8) is 0 Å². The molecule has 0 amide bonds. The van der Waals surface area contributed by atoms with Gasteiger partial charge in [-0.3, -0.25) is 4.79 Å². The van der Waals surface area contributed by atoms with Crippen LogP contribution in [0.25, 0.3) is 5.69 Å². The van der Waals surface area contributed by atoms with Crippen molar-refractivity contribution in [1.82, 2.24) is 4.57 Å². The molecule has 1 atom stereocenters. The molecule has 1 aliphatic rings. The molecule has 1 aromatic heterocycles. The second-order valence-corrected chi connectivity index (χ2v) is 9.97. The normalized spacial score (nSPS) is 15.1. The molecular formula is C31H29NO4. The van der Waals surface area contributed by atoms with Gasteiger partial charge in [0.15, 0.2) is 11.9 Å². The van der Waals surface area contributed by atoms with Gasteiger partial charge in [0.1, 0.15) is 5.75 Å². The minimum atomic E-state index is -0.755. The molecule has 1 heterocycles. The summed E-state index contributed by atoms with van der Waals surface area (Å²) in [5, 5.41) is 0. The third-order valence-corrected chi connectivity index (χ3v) is 6.63. The van der Waals surface area contributed by atoms with Crippen LogP contribution in [0.15, 0.2) is 91.0 Å². The Morgan fingerprint density at radius 1 is 0.889 bits per heavy atom. The molecule has 0 fully saturated rings. The molecule has 182 valence electrons. The number of carbonyl (C=O) groups excluding carboxylic acids is 2. The summed E-state index contributed by atoms with van der Waals surface area (Å²) in [5.74, 6) is 0.331. The summed E-state index contributed by atoms with van der Waals surface area (Å²) in [5.41, 5.74) is 4.34. The first-order valence-corrected chi connectivity index (χ1v) is 12.1. The third-order valence-electron chi connectivity index (χ3n) is 6.63. The molecule has 5 heteroatoms. The molecule has 0 spiro atoms. The predicted molar refractivity (Wildman–Crippen MR) is 139 cm³/mol. The fourth-order valence-corrected chi connectivity index (χ4v) is 4.96. The van der Waals surface area contributed by atoms with Gasteiger partial charge in [-0.25, -0.2) is 4.79 Å². The van der Waals surface area contributed by atoms with Gasteiger partial charge in [0.2, 0.25) is 0 Å². The van der Waals surface area contributed by atoms with Gasteiger partial charge < -0.3 is 14.0 Å². The third kappa shape index (κ3) is 4.57. The number of Topliss-reactive ketones (excluding diaryl/α,β-unsaturated/α-hetero) is 1. The zero-order chi connectivity index (χ0) is 25.3. The van der Waals surface area contributed by atoms with Crippen LogP contribution in [-0.2, 0) is 11.2 Å². The summed E-state index contributed by atoms with van der Waals surface area (Å²) in [4.78, 5) is 26.5. The van der Waals surface area contributed by atoms with E-state index in [1.807, 2.05) is 78.9 Å². The number of para-hydroxylation sites is 1.